The van der Waals surface area contributed by atoms with E-state index in [1.54, 1.807) is 7.11 Å². The highest BCUT2D eigenvalue weighted by molar-refractivity contribution is 5.19. The molecule has 0 saturated carbocycles. The van der Waals surface area contributed by atoms with Crippen molar-refractivity contribution >= 4 is 0 Å². The van der Waals surface area contributed by atoms with Gasteiger partial charge in [-0.05, 0) is 6.07 Å². The van der Waals surface area contributed by atoms with Gasteiger partial charge in [-0.25, -0.2) is 4.98 Å². The molecule has 0 aliphatic heterocycles. The molecule has 1 radical (unpaired) electrons. The van der Waals surface area contributed by atoms with Gasteiger partial charge >= 0.3 is 0 Å². The van der Waals surface area contributed by atoms with Gasteiger partial charge in [-0.3, -0.25) is 0 Å². The van der Waals surface area contributed by atoms with Crippen LogP contribution < -0.4 is 4.74 Å². The van der Waals surface area contributed by atoms with Crippen LogP contribution in [0.2, 0.25) is 0 Å². The standard InChI is InChI=1S/C8H10NO/c1-3-7-5-4-6-8(9-7)10-2/h3-6H,1-2H3. The van der Waals surface area contributed by atoms with E-state index in [2.05, 4.69) is 4.98 Å². The van der Waals surface area contributed by atoms with Crippen molar-refractivity contribution in [1.29, 1.82) is 0 Å². The molecule has 0 aliphatic carbocycles. The molecule has 0 aliphatic rings. The predicted octanol–water partition coefficient (Wildman–Crippen LogP) is 1.66. The first kappa shape index (κ1) is 7.06. The summed E-state index contributed by atoms with van der Waals surface area (Å²) < 4.78 is 4.93. The van der Waals surface area contributed by atoms with E-state index in [0.29, 0.717) is 5.88 Å². The molecule has 0 fully saturated rings. The summed E-state index contributed by atoms with van der Waals surface area (Å²) in [6.45, 7) is 1.95. The second-order valence-electron chi connectivity index (χ2n) is 1.89. The number of hydrogen-bond donors (Lipinski definition) is 0. The van der Waals surface area contributed by atoms with Crippen LogP contribution in [0.1, 0.15) is 12.6 Å². The number of rotatable bonds is 2. The Morgan fingerprint density at radius 3 is 2.90 bits per heavy atom. The van der Waals surface area contributed by atoms with Gasteiger partial charge in [-0.2, -0.15) is 0 Å². The van der Waals surface area contributed by atoms with Gasteiger partial charge in [0.2, 0.25) is 5.88 Å². The monoisotopic (exact) mass is 136 g/mol. The van der Waals surface area contributed by atoms with Crippen molar-refractivity contribution in [1.82, 2.24) is 4.98 Å². The SMILES string of the molecule is C[CH]c1cccc(OC)n1. The summed E-state index contributed by atoms with van der Waals surface area (Å²) in [7, 11) is 1.61. The Kier molecular flexibility index (Phi) is 2.26. The number of nitrogens with zero attached hydrogens (tertiary/aromatic N) is 1. The summed E-state index contributed by atoms with van der Waals surface area (Å²) in [5.41, 5.74) is 0.944. The lowest BCUT2D eigenvalue weighted by molar-refractivity contribution is 0.397. The van der Waals surface area contributed by atoms with Crippen molar-refractivity contribution in [3.63, 3.8) is 0 Å². The van der Waals surface area contributed by atoms with Crippen molar-refractivity contribution < 1.29 is 4.74 Å². The van der Waals surface area contributed by atoms with Crippen molar-refractivity contribution in [2.75, 3.05) is 7.11 Å². The Labute approximate surface area is 60.9 Å². The molecule has 10 heavy (non-hydrogen) atoms. The fraction of sp³-hybridized carbons (Fsp3) is 0.250. The van der Waals surface area contributed by atoms with E-state index in [1.807, 2.05) is 31.5 Å². The lowest BCUT2D eigenvalue weighted by Crippen LogP contribution is -1.89. The third-order valence-electron chi connectivity index (χ3n) is 1.25. The lowest BCUT2D eigenvalue weighted by Gasteiger charge is -1.98. The number of aromatic nitrogens is 1. The molecule has 2 nitrogen and oxygen atoms in total. The van der Waals surface area contributed by atoms with Crippen LogP contribution in [0.15, 0.2) is 18.2 Å². The Morgan fingerprint density at radius 1 is 1.50 bits per heavy atom. The molecule has 1 aromatic rings. The third kappa shape index (κ3) is 1.47. The van der Waals surface area contributed by atoms with E-state index in [0.717, 1.165) is 5.69 Å². The smallest absolute Gasteiger partial charge is 0.213 e. The van der Waals surface area contributed by atoms with Gasteiger partial charge in [-0.1, -0.05) is 13.0 Å². The Balaban J connectivity index is 2.87. The first-order valence-electron chi connectivity index (χ1n) is 3.17. The molecule has 0 N–H and O–H groups in total. The summed E-state index contributed by atoms with van der Waals surface area (Å²) in [6, 6.07) is 5.68. The van der Waals surface area contributed by atoms with Gasteiger partial charge in [0.25, 0.3) is 0 Å². The van der Waals surface area contributed by atoms with E-state index in [4.69, 9.17) is 4.74 Å². The molecule has 1 aromatic heterocycles. The van der Waals surface area contributed by atoms with Gasteiger partial charge in [0.1, 0.15) is 0 Å². The highest BCUT2D eigenvalue weighted by atomic mass is 16.5. The highest BCUT2D eigenvalue weighted by Gasteiger charge is 1.92. The Hall–Kier alpha value is -1.05. The van der Waals surface area contributed by atoms with Crippen molar-refractivity contribution in [3.8, 4) is 5.88 Å². The van der Waals surface area contributed by atoms with Gasteiger partial charge < -0.3 is 4.74 Å². The highest BCUT2D eigenvalue weighted by Crippen LogP contribution is 2.06. The molecule has 1 rings (SSSR count). The Morgan fingerprint density at radius 2 is 2.30 bits per heavy atom. The maximum Gasteiger partial charge on any atom is 0.213 e. The number of hydrogen-bond acceptors (Lipinski definition) is 2. The molecule has 2 heteroatoms. The minimum Gasteiger partial charge on any atom is -0.481 e. The summed E-state index contributed by atoms with van der Waals surface area (Å²) in [5, 5.41) is 0. The first-order chi connectivity index (χ1) is 4.86. The van der Waals surface area contributed by atoms with E-state index < -0.39 is 0 Å². The normalized spacial score (nSPS) is 9.40. The van der Waals surface area contributed by atoms with Gasteiger partial charge in [-0.15, -0.1) is 0 Å². The van der Waals surface area contributed by atoms with Crippen molar-refractivity contribution in [2.24, 2.45) is 0 Å². The average Bonchev–Trinajstić information content (AvgIpc) is 2.05. The first-order valence-corrected chi connectivity index (χ1v) is 3.17. The molecule has 53 valence electrons. The molecular formula is C8H10NO. The molecule has 0 amide bonds. The maximum absolute atomic E-state index is 4.93. The van der Waals surface area contributed by atoms with Gasteiger partial charge in [0.15, 0.2) is 0 Å². The van der Waals surface area contributed by atoms with Crippen LogP contribution in [0.3, 0.4) is 0 Å². The fourth-order valence-corrected chi connectivity index (χ4v) is 0.705. The van der Waals surface area contributed by atoms with E-state index in [-0.39, 0.29) is 0 Å². The van der Waals surface area contributed by atoms with Crippen LogP contribution in [0.4, 0.5) is 0 Å². The topological polar surface area (TPSA) is 22.1 Å². The quantitative estimate of drug-likeness (QED) is 0.616. The maximum atomic E-state index is 4.93. The molecule has 1 heterocycles. The van der Waals surface area contributed by atoms with E-state index >= 15 is 0 Å². The predicted molar refractivity (Wildman–Crippen MR) is 39.9 cm³/mol. The number of methoxy groups -OCH3 is 1. The zero-order valence-electron chi connectivity index (χ0n) is 6.16. The summed E-state index contributed by atoms with van der Waals surface area (Å²) in [5.74, 6) is 0.663. The number of pyridine rings is 1. The van der Waals surface area contributed by atoms with E-state index in [9.17, 15) is 0 Å². The average molecular weight is 136 g/mol. The zero-order valence-corrected chi connectivity index (χ0v) is 6.16. The summed E-state index contributed by atoms with van der Waals surface area (Å²) >= 11 is 0. The minimum atomic E-state index is 0.663. The third-order valence-corrected chi connectivity index (χ3v) is 1.25. The van der Waals surface area contributed by atoms with Crippen LogP contribution >= 0.6 is 0 Å². The zero-order chi connectivity index (χ0) is 7.40. The van der Waals surface area contributed by atoms with Crippen LogP contribution in [-0.2, 0) is 0 Å². The lowest BCUT2D eigenvalue weighted by atomic mass is 10.3. The van der Waals surface area contributed by atoms with Crippen LogP contribution in [0.25, 0.3) is 0 Å². The molecule has 0 unspecified atom stereocenters. The van der Waals surface area contributed by atoms with Crippen LogP contribution in [-0.4, -0.2) is 12.1 Å². The Bertz CT molecular complexity index is 191. The summed E-state index contributed by atoms with van der Waals surface area (Å²) in [4.78, 5) is 4.13. The van der Waals surface area contributed by atoms with E-state index in [1.165, 1.54) is 0 Å². The largest absolute Gasteiger partial charge is 0.481 e. The summed E-state index contributed by atoms with van der Waals surface area (Å²) in [6.07, 6.45) is 1.93. The van der Waals surface area contributed by atoms with Crippen LogP contribution in [0, 0.1) is 6.42 Å². The molecular weight excluding hydrogens is 126 g/mol. The van der Waals surface area contributed by atoms with Gasteiger partial charge in [0, 0.05) is 18.2 Å². The second-order valence-corrected chi connectivity index (χ2v) is 1.89. The van der Waals surface area contributed by atoms with Crippen molar-refractivity contribution in [2.45, 2.75) is 6.92 Å². The molecule has 0 spiro atoms. The van der Waals surface area contributed by atoms with Crippen molar-refractivity contribution in [3.05, 3.63) is 30.3 Å². The van der Waals surface area contributed by atoms with Crippen LogP contribution in [0.5, 0.6) is 5.88 Å². The minimum absolute atomic E-state index is 0.663. The molecule has 0 aromatic carbocycles. The van der Waals surface area contributed by atoms with Gasteiger partial charge in [0.05, 0.1) is 7.11 Å². The fourth-order valence-electron chi connectivity index (χ4n) is 0.705. The number of ether oxygens (including phenoxy) is 1. The molecule has 0 atom stereocenters. The second kappa shape index (κ2) is 3.20. The molecule has 0 saturated heterocycles. The molecule has 0 bridgehead atoms.